The van der Waals surface area contributed by atoms with E-state index in [9.17, 15) is 9.59 Å². The summed E-state index contributed by atoms with van der Waals surface area (Å²) in [6, 6.07) is 0. The molecule has 0 unspecified atom stereocenters. The number of rotatable bonds is 15. The van der Waals surface area contributed by atoms with Gasteiger partial charge in [0.15, 0.2) is 5.78 Å². The smallest absolute Gasteiger partial charge is 0.158 e. The van der Waals surface area contributed by atoms with Crippen LogP contribution in [0.15, 0.2) is 0 Å². The summed E-state index contributed by atoms with van der Waals surface area (Å²) >= 11 is 0. The van der Waals surface area contributed by atoms with Gasteiger partial charge in [0, 0.05) is 20.0 Å². The molecular formula is C19H40O3. The van der Waals surface area contributed by atoms with Gasteiger partial charge >= 0.3 is 0 Å². The maximum atomic E-state index is 11.2. The van der Waals surface area contributed by atoms with Crippen LogP contribution in [0, 0.1) is 0 Å². The first-order valence-electron chi connectivity index (χ1n) is 8.17. The lowest BCUT2D eigenvalue weighted by Crippen LogP contribution is -2.05. The van der Waals surface area contributed by atoms with E-state index in [4.69, 9.17) is 4.74 Å². The standard InChI is InChI=1S/C17H32O3.2CH4/c1-16(18)13-11-9-7-5-3-4-6-8-10-12-14-17(19)15-20-2;;/h3-15H2,1-2H3;2*1H4. The van der Waals surface area contributed by atoms with Gasteiger partial charge in [-0.05, 0) is 19.8 Å². The average molecular weight is 317 g/mol. The Balaban J connectivity index is -0.00000180. The van der Waals surface area contributed by atoms with Crippen molar-refractivity contribution in [2.45, 2.75) is 98.8 Å². The second kappa shape index (κ2) is 20.3. The quantitative estimate of drug-likeness (QED) is 0.362. The van der Waals surface area contributed by atoms with E-state index >= 15 is 0 Å². The van der Waals surface area contributed by atoms with Gasteiger partial charge in [-0.25, -0.2) is 0 Å². The van der Waals surface area contributed by atoms with Gasteiger partial charge in [0.1, 0.15) is 12.4 Å². The zero-order valence-corrected chi connectivity index (χ0v) is 13.4. The van der Waals surface area contributed by atoms with E-state index < -0.39 is 0 Å². The van der Waals surface area contributed by atoms with E-state index in [1.807, 2.05) is 0 Å². The van der Waals surface area contributed by atoms with E-state index in [1.54, 1.807) is 14.0 Å². The number of carbonyl (C=O) groups is 2. The molecule has 0 fully saturated rings. The van der Waals surface area contributed by atoms with Crippen molar-refractivity contribution < 1.29 is 14.3 Å². The molecule has 0 saturated carbocycles. The van der Waals surface area contributed by atoms with Gasteiger partial charge in [0.25, 0.3) is 0 Å². The summed E-state index contributed by atoms with van der Waals surface area (Å²) in [5, 5.41) is 0. The molecule has 3 heteroatoms. The van der Waals surface area contributed by atoms with Crippen molar-refractivity contribution in [3.8, 4) is 0 Å². The first kappa shape index (κ1) is 26.2. The first-order valence-corrected chi connectivity index (χ1v) is 8.17. The van der Waals surface area contributed by atoms with Crippen LogP contribution in [0.5, 0.6) is 0 Å². The number of hydrogen-bond donors (Lipinski definition) is 0. The Morgan fingerprint density at radius 2 is 1.05 bits per heavy atom. The van der Waals surface area contributed by atoms with Gasteiger partial charge in [-0.1, -0.05) is 66.2 Å². The number of Topliss-reactive ketones (excluding diaryl/α,β-unsaturated/α-hetero) is 2. The van der Waals surface area contributed by atoms with Gasteiger partial charge in [0.2, 0.25) is 0 Å². The van der Waals surface area contributed by atoms with E-state index in [2.05, 4.69) is 0 Å². The van der Waals surface area contributed by atoms with Crippen LogP contribution in [0.4, 0.5) is 0 Å². The average Bonchev–Trinajstić information content (AvgIpc) is 2.40. The molecule has 0 saturated heterocycles. The third kappa shape index (κ3) is 21.6. The minimum Gasteiger partial charge on any atom is -0.377 e. The van der Waals surface area contributed by atoms with E-state index in [-0.39, 0.29) is 27.2 Å². The fourth-order valence-electron chi connectivity index (χ4n) is 2.34. The minimum absolute atomic E-state index is 0. The monoisotopic (exact) mass is 316 g/mol. The van der Waals surface area contributed by atoms with Crippen LogP contribution in [-0.4, -0.2) is 25.3 Å². The highest BCUT2D eigenvalue weighted by Crippen LogP contribution is 2.12. The van der Waals surface area contributed by atoms with Gasteiger partial charge < -0.3 is 9.53 Å². The van der Waals surface area contributed by atoms with Gasteiger partial charge in [-0.15, -0.1) is 0 Å². The van der Waals surface area contributed by atoms with Gasteiger partial charge in [0.05, 0.1) is 0 Å². The number of hydrogen-bond acceptors (Lipinski definition) is 3. The zero-order valence-electron chi connectivity index (χ0n) is 13.4. The molecular weight excluding hydrogens is 276 g/mol. The molecule has 0 aliphatic heterocycles. The van der Waals surface area contributed by atoms with E-state index in [0.29, 0.717) is 12.2 Å². The molecule has 0 radical (unpaired) electrons. The van der Waals surface area contributed by atoms with E-state index in [1.165, 1.54) is 44.9 Å². The minimum atomic E-state index is 0. The third-order valence-corrected chi connectivity index (χ3v) is 3.54. The van der Waals surface area contributed by atoms with Crippen molar-refractivity contribution in [3.63, 3.8) is 0 Å². The maximum Gasteiger partial charge on any atom is 0.158 e. The van der Waals surface area contributed by atoms with Crippen molar-refractivity contribution >= 4 is 11.6 Å². The maximum absolute atomic E-state index is 11.2. The summed E-state index contributed by atoms with van der Waals surface area (Å²) in [7, 11) is 1.57. The first-order chi connectivity index (χ1) is 9.66. The SMILES string of the molecule is C.C.COCC(=O)CCCCCCCCCCCCC(C)=O. The molecule has 22 heavy (non-hydrogen) atoms. The van der Waals surface area contributed by atoms with Gasteiger partial charge in [-0.3, -0.25) is 4.79 Å². The Morgan fingerprint density at radius 1 is 0.682 bits per heavy atom. The van der Waals surface area contributed by atoms with Crippen LogP contribution < -0.4 is 0 Å². The summed E-state index contributed by atoms with van der Waals surface area (Å²) in [4.78, 5) is 22.0. The highest BCUT2D eigenvalue weighted by molar-refractivity contribution is 5.79. The molecule has 0 heterocycles. The molecule has 134 valence electrons. The fourth-order valence-corrected chi connectivity index (χ4v) is 2.34. The van der Waals surface area contributed by atoms with Crippen molar-refractivity contribution in [2.75, 3.05) is 13.7 Å². The molecule has 0 rings (SSSR count). The fraction of sp³-hybridized carbons (Fsp3) is 0.895. The summed E-state index contributed by atoms with van der Waals surface area (Å²) < 4.78 is 4.80. The van der Waals surface area contributed by atoms with Crippen LogP contribution in [0.3, 0.4) is 0 Å². The number of unbranched alkanes of at least 4 members (excludes halogenated alkanes) is 9. The normalized spacial score (nSPS) is 9.73. The van der Waals surface area contributed by atoms with Crippen LogP contribution >= 0.6 is 0 Å². The molecule has 0 aliphatic carbocycles. The summed E-state index contributed by atoms with van der Waals surface area (Å²) in [5.74, 6) is 0.534. The van der Waals surface area contributed by atoms with Gasteiger partial charge in [-0.2, -0.15) is 0 Å². The Hall–Kier alpha value is -0.700. The Kier molecular flexibility index (Phi) is 24.2. The number of ether oxygens (including phenoxy) is 1. The molecule has 3 nitrogen and oxygen atoms in total. The van der Waals surface area contributed by atoms with Crippen molar-refractivity contribution in [1.82, 2.24) is 0 Å². The summed E-state index contributed by atoms with van der Waals surface area (Å²) in [6.07, 6.45) is 13.5. The topological polar surface area (TPSA) is 43.4 Å². The molecule has 0 amide bonds. The second-order valence-corrected chi connectivity index (χ2v) is 5.71. The predicted molar refractivity (Wildman–Crippen MR) is 96.4 cm³/mol. The molecule has 0 N–H and O–H groups in total. The molecule has 0 aliphatic rings. The molecule has 0 aromatic rings. The largest absolute Gasteiger partial charge is 0.377 e. The molecule has 0 bridgehead atoms. The van der Waals surface area contributed by atoms with Crippen LogP contribution in [0.1, 0.15) is 98.8 Å². The summed E-state index contributed by atoms with van der Waals surface area (Å²) in [5.41, 5.74) is 0. The number of carbonyl (C=O) groups excluding carboxylic acids is 2. The number of methoxy groups -OCH3 is 1. The van der Waals surface area contributed by atoms with Crippen molar-refractivity contribution in [3.05, 3.63) is 0 Å². The highest BCUT2D eigenvalue weighted by Gasteiger charge is 2.00. The van der Waals surface area contributed by atoms with Crippen LogP contribution in [0.2, 0.25) is 0 Å². The summed E-state index contributed by atoms with van der Waals surface area (Å²) in [6.45, 7) is 1.94. The van der Waals surface area contributed by atoms with Crippen molar-refractivity contribution in [1.29, 1.82) is 0 Å². The Morgan fingerprint density at radius 3 is 1.41 bits per heavy atom. The lowest BCUT2D eigenvalue weighted by atomic mass is 10.0. The van der Waals surface area contributed by atoms with Crippen LogP contribution in [-0.2, 0) is 14.3 Å². The highest BCUT2D eigenvalue weighted by atomic mass is 16.5. The van der Waals surface area contributed by atoms with Crippen LogP contribution in [0.25, 0.3) is 0 Å². The third-order valence-electron chi connectivity index (χ3n) is 3.54. The molecule has 0 atom stereocenters. The molecule has 0 aromatic heterocycles. The predicted octanol–water partition coefficient (Wildman–Crippen LogP) is 5.74. The Labute approximate surface area is 139 Å². The number of ketones is 2. The molecule has 0 spiro atoms. The lowest BCUT2D eigenvalue weighted by Gasteiger charge is -2.02. The Bertz CT molecular complexity index is 249. The second-order valence-electron chi connectivity index (χ2n) is 5.71. The van der Waals surface area contributed by atoms with E-state index in [0.717, 1.165) is 25.7 Å². The lowest BCUT2D eigenvalue weighted by molar-refractivity contribution is -0.122. The zero-order chi connectivity index (χ0) is 15.1. The molecule has 0 aromatic carbocycles. The van der Waals surface area contributed by atoms with Crippen molar-refractivity contribution in [2.24, 2.45) is 0 Å².